The van der Waals surface area contributed by atoms with Gasteiger partial charge in [-0.3, -0.25) is 9.59 Å². The Hall–Kier alpha value is -4.34. The molecule has 0 saturated carbocycles. The van der Waals surface area contributed by atoms with Gasteiger partial charge in [-0.2, -0.15) is 0 Å². The Morgan fingerprint density at radius 2 is 1.32 bits per heavy atom. The molecule has 12 nitrogen and oxygen atoms in total. The molecule has 3 aromatic rings. The molecule has 1 amide bonds. The smallest absolute Gasteiger partial charge is 0.338 e. The monoisotopic (exact) mass is 913 g/mol. The molecule has 0 saturated heterocycles. The number of allylic oxidation sites excluding steroid dienone is 4. The standard InChI is InChI=1S/C38H38Br3N5O7/c1-8-18-14(4)29-26(39)31-16(6)20(11-12-24(48)49)33(43-31)21(13-23(47)42-22(10-3)37(50)51)34-25(38(52)53)17(7)32(44-34)28(41)36-19(9-2)15(5)30(46-36)27(40)35(18)45-29/h8,22,43,46H,1,9-13H2,2-7H3,(H,42,47)(H,48,49)(H,50,51)(H,52,53). The minimum absolute atomic E-state index is 0.0128. The number of nitrogens with one attached hydrogen (secondary N) is 3. The molecular formula is C38H38Br3N5O7. The van der Waals surface area contributed by atoms with Crippen LogP contribution in [-0.2, 0) is 38.4 Å². The molecule has 5 rings (SSSR count). The third-order valence-electron chi connectivity index (χ3n) is 9.80. The number of nitrogens with zero attached hydrogens (tertiary/aromatic N) is 2. The van der Waals surface area contributed by atoms with Crippen LogP contribution in [0.3, 0.4) is 0 Å². The van der Waals surface area contributed by atoms with Crippen molar-refractivity contribution in [3.8, 4) is 0 Å². The Balaban J connectivity index is 2.12. The van der Waals surface area contributed by atoms with E-state index in [4.69, 9.17) is 9.97 Å². The van der Waals surface area contributed by atoms with Crippen molar-refractivity contribution in [3.05, 3.63) is 76.7 Å². The summed E-state index contributed by atoms with van der Waals surface area (Å²) in [7, 11) is 0. The molecule has 8 bridgehead atoms. The predicted molar refractivity (Wildman–Crippen MR) is 215 cm³/mol. The topological polar surface area (TPSA) is 198 Å². The Morgan fingerprint density at radius 1 is 0.774 bits per heavy atom. The molecule has 1 unspecified atom stereocenters. The second kappa shape index (κ2) is 15.6. The number of fused-ring (bicyclic) bond motifs is 8. The van der Waals surface area contributed by atoms with Crippen molar-refractivity contribution in [1.82, 2.24) is 25.3 Å². The molecule has 3 aromatic heterocycles. The van der Waals surface area contributed by atoms with E-state index in [2.05, 4.69) is 69.7 Å². The summed E-state index contributed by atoms with van der Waals surface area (Å²) in [6.45, 7) is 15.1. The van der Waals surface area contributed by atoms with Crippen LogP contribution in [0.5, 0.6) is 0 Å². The first kappa shape index (κ1) is 39.9. The number of carbonyl (C=O) groups is 4. The molecule has 0 aliphatic carbocycles. The van der Waals surface area contributed by atoms with Gasteiger partial charge in [-0.15, -0.1) is 0 Å². The third kappa shape index (κ3) is 7.06. The summed E-state index contributed by atoms with van der Waals surface area (Å²) in [6, 6.07) is -1.19. The molecule has 6 N–H and O–H groups in total. The van der Waals surface area contributed by atoms with Crippen molar-refractivity contribution in [2.24, 2.45) is 0 Å². The van der Waals surface area contributed by atoms with Gasteiger partial charge in [-0.25, -0.2) is 19.6 Å². The van der Waals surface area contributed by atoms with Gasteiger partial charge in [0.25, 0.3) is 0 Å². The van der Waals surface area contributed by atoms with E-state index < -0.39 is 36.3 Å². The number of aromatic nitrogens is 4. The summed E-state index contributed by atoms with van der Waals surface area (Å²) in [5.41, 5.74) is 8.78. The first-order valence-corrected chi connectivity index (χ1v) is 19.2. The van der Waals surface area contributed by atoms with Gasteiger partial charge in [0.15, 0.2) is 0 Å². The van der Waals surface area contributed by atoms with Gasteiger partial charge in [0.1, 0.15) is 6.04 Å². The van der Waals surface area contributed by atoms with Gasteiger partial charge in [0, 0.05) is 23.1 Å². The molecule has 1 atom stereocenters. The maximum absolute atomic E-state index is 13.7. The second-order valence-corrected chi connectivity index (χ2v) is 15.2. The highest BCUT2D eigenvalue weighted by molar-refractivity contribution is 9.11. The zero-order chi connectivity index (χ0) is 39.2. The number of aromatic amines is 2. The van der Waals surface area contributed by atoms with Gasteiger partial charge >= 0.3 is 17.9 Å². The lowest BCUT2D eigenvalue weighted by Gasteiger charge is -2.13. The van der Waals surface area contributed by atoms with E-state index in [1.54, 1.807) is 26.8 Å². The number of carboxylic acid groups (broad SMARTS) is 3. The summed E-state index contributed by atoms with van der Waals surface area (Å²) in [5.74, 6) is -4.24. The second-order valence-electron chi connectivity index (χ2n) is 12.8. The van der Waals surface area contributed by atoms with E-state index in [-0.39, 0.29) is 36.1 Å². The van der Waals surface area contributed by atoms with E-state index in [1.165, 1.54) is 0 Å². The highest BCUT2D eigenvalue weighted by Crippen LogP contribution is 2.44. The van der Waals surface area contributed by atoms with Crippen molar-refractivity contribution < 1.29 is 34.5 Å². The molecule has 0 aromatic carbocycles. The van der Waals surface area contributed by atoms with Crippen LogP contribution in [0.1, 0.15) is 91.1 Å². The van der Waals surface area contributed by atoms with Crippen LogP contribution in [0.4, 0.5) is 0 Å². The zero-order valence-electron chi connectivity index (χ0n) is 29.9. The number of hydrogen-bond acceptors (Lipinski definition) is 6. The van der Waals surface area contributed by atoms with Crippen molar-refractivity contribution in [2.45, 2.75) is 79.7 Å². The van der Waals surface area contributed by atoms with Crippen molar-refractivity contribution in [3.63, 3.8) is 0 Å². The number of H-pyrrole nitrogens is 2. The van der Waals surface area contributed by atoms with Crippen LogP contribution in [0.15, 0.2) is 26.1 Å². The summed E-state index contributed by atoms with van der Waals surface area (Å²) >= 11 is 11.4. The highest BCUT2D eigenvalue weighted by Gasteiger charge is 2.31. The van der Waals surface area contributed by atoms with E-state index in [9.17, 15) is 34.5 Å². The molecule has 278 valence electrons. The first-order valence-electron chi connectivity index (χ1n) is 16.8. The molecule has 0 spiro atoms. The summed E-state index contributed by atoms with van der Waals surface area (Å²) in [4.78, 5) is 67.6. The van der Waals surface area contributed by atoms with E-state index >= 15 is 0 Å². The number of carboxylic acids is 3. The molecular weight excluding hydrogens is 878 g/mol. The normalized spacial score (nSPS) is 13.4. The van der Waals surface area contributed by atoms with Crippen molar-refractivity contribution >= 4 is 116 Å². The highest BCUT2D eigenvalue weighted by atomic mass is 79.9. The quantitative estimate of drug-likeness (QED) is 0.109. The van der Waals surface area contributed by atoms with Crippen molar-refractivity contribution in [1.29, 1.82) is 0 Å². The maximum Gasteiger partial charge on any atom is 0.338 e. The van der Waals surface area contributed by atoms with Crippen LogP contribution in [-0.4, -0.2) is 65.1 Å². The van der Waals surface area contributed by atoms with E-state index in [0.29, 0.717) is 70.2 Å². The fraction of sp³-hybridized carbons (Fsp3) is 0.316. The van der Waals surface area contributed by atoms with Gasteiger partial charge in [-0.05, 0) is 128 Å². The minimum atomic E-state index is -1.29. The lowest BCUT2D eigenvalue weighted by molar-refractivity contribution is -0.141. The Bertz CT molecular complexity index is 2390. The number of carbonyl (C=O) groups excluding carboxylic acids is 1. The molecule has 5 heterocycles. The SMILES string of the molecule is C=CC1=C(C)c2nc1c(Br)c1[nH]c(c(Br)c3nc(c(CC(=O)NC(CC)C(=O)O)c4[nH]c(c(C)c4CCC(=O)O)c2Br)C(C(=O)O)=C3C)c(CC)c1C. The predicted octanol–water partition coefficient (Wildman–Crippen LogP) is 8.45. The summed E-state index contributed by atoms with van der Waals surface area (Å²) in [5, 5.41) is 32.7. The fourth-order valence-electron chi connectivity index (χ4n) is 6.96. The van der Waals surface area contributed by atoms with Crippen LogP contribution in [0.2, 0.25) is 0 Å². The minimum Gasteiger partial charge on any atom is -0.481 e. The number of halogens is 3. The largest absolute Gasteiger partial charge is 0.481 e. The van der Waals surface area contributed by atoms with E-state index in [1.807, 2.05) is 20.8 Å². The Kier molecular flexibility index (Phi) is 11.7. The number of aliphatic carboxylic acids is 3. The molecule has 2 aliphatic rings. The third-order valence-corrected chi connectivity index (χ3v) is 12.1. The maximum atomic E-state index is 13.7. The Morgan fingerprint density at radius 3 is 1.87 bits per heavy atom. The van der Waals surface area contributed by atoms with Crippen LogP contribution in [0, 0.1) is 13.8 Å². The van der Waals surface area contributed by atoms with Gasteiger partial charge < -0.3 is 30.6 Å². The average Bonchev–Trinajstić information content (AvgIpc) is 3.83. The van der Waals surface area contributed by atoms with Crippen molar-refractivity contribution in [2.75, 3.05) is 0 Å². The lowest BCUT2D eigenvalue weighted by atomic mass is 9.97. The average molecular weight is 916 g/mol. The fourth-order valence-corrected chi connectivity index (χ4v) is 9.16. The van der Waals surface area contributed by atoms with Crippen LogP contribution in [0.25, 0.3) is 44.4 Å². The molecule has 0 radical (unpaired) electrons. The number of aryl methyl sites for hydroxylation is 4. The number of hydrogen-bond donors (Lipinski definition) is 6. The lowest BCUT2D eigenvalue weighted by Crippen LogP contribution is -2.41. The molecule has 53 heavy (non-hydrogen) atoms. The summed E-state index contributed by atoms with van der Waals surface area (Å²) < 4.78 is 1.72. The number of amides is 1. The van der Waals surface area contributed by atoms with Gasteiger partial charge in [-0.1, -0.05) is 26.5 Å². The molecule has 15 heteroatoms. The molecule has 2 aliphatic heterocycles. The van der Waals surface area contributed by atoms with E-state index in [0.717, 1.165) is 27.8 Å². The first-order chi connectivity index (χ1) is 25.0. The van der Waals surface area contributed by atoms with Gasteiger partial charge in [0.2, 0.25) is 5.91 Å². The summed E-state index contributed by atoms with van der Waals surface area (Å²) in [6.07, 6.45) is 1.75. The zero-order valence-corrected chi connectivity index (χ0v) is 34.7. The number of rotatable bonds is 11. The van der Waals surface area contributed by atoms with Crippen LogP contribution < -0.4 is 5.32 Å². The Labute approximate surface area is 330 Å². The van der Waals surface area contributed by atoms with Gasteiger partial charge in [0.05, 0.1) is 64.7 Å². The van der Waals surface area contributed by atoms with Crippen LogP contribution >= 0.6 is 47.8 Å². The molecule has 0 fully saturated rings.